The van der Waals surface area contributed by atoms with Crippen LogP contribution in [0.4, 0.5) is 0 Å². The van der Waals surface area contributed by atoms with Crippen LogP contribution in [0.15, 0.2) is 22.9 Å². The van der Waals surface area contributed by atoms with Crippen LogP contribution in [0.25, 0.3) is 10.9 Å². The van der Waals surface area contributed by atoms with Gasteiger partial charge in [0.1, 0.15) is 5.52 Å². The number of ether oxygens (including phenoxy) is 1. The fourth-order valence-electron chi connectivity index (χ4n) is 1.38. The van der Waals surface area contributed by atoms with E-state index in [0.717, 1.165) is 15.4 Å². The van der Waals surface area contributed by atoms with Gasteiger partial charge in [-0.05, 0) is 22.0 Å². The third-order valence-corrected chi connectivity index (χ3v) is 2.65. The maximum Gasteiger partial charge on any atom is 0.238 e. The van der Waals surface area contributed by atoms with Crippen molar-refractivity contribution in [3.8, 4) is 5.88 Å². The van der Waals surface area contributed by atoms with E-state index >= 15 is 0 Å². The number of pyridine rings is 1. The second-order valence-corrected chi connectivity index (χ2v) is 3.66. The number of fused-ring (bicyclic) bond motifs is 1. The molecule has 0 N–H and O–H groups in total. The molecule has 0 amide bonds. The minimum Gasteiger partial charge on any atom is -0.479 e. The lowest BCUT2D eigenvalue weighted by Gasteiger charge is -2.03. The summed E-state index contributed by atoms with van der Waals surface area (Å²) in [4.78, 5) is 4.17. The van der Waals surface area contributed by atoms with Gasteiger partial charge in [-0.25, -0.2) is 4.98 Å². The molecular formula is C9H9BrN2O. The molecule has 0 atom stereocenters. The number of aromatic nitrogens is 2. The van der Waals surface area contributed by atoms with E-state index in [2.05, 4.69) is 20.9 Å². The van der Waals surface area contributed by atoms with Gasteiger partial charge in [0, 0.05) is 29.3 Å². The normalized spacial score (nSPS) is 10.7. The SMILES string of the molecule is COc1ncc(Br)c2ccn(C)c12. The maximum absolute atomic E-state index is 5.17. The van der Waals surface area contributed by atoms with Gasteiger partial charge in [-0.2, -0.15) is 0 Å². The largest absolute Gasteiger partial charge is 0.479 e. The summed E-state index contributed by atoms with van der Waals surface area (Å²) in [6.45, 7) is 0. The monoisotopic (exact) mass is 240 g/mol. The minimum atomic E-state index is 0.658. The van der Waals surface area contributed by atoms with Crippen molar-refractivity contribution in [3.63, 3.8) is 0 Å². The van der Waals surface area contributed by atoms with Crippen molar-refractivity contribution in [1.82, 2.24) is 9.55 Å². The summed E-state index contributed by atoms with van der Waals surface area (Å²) in [7, 11) is 3.60. The molecule has 0 aromatic carbocycles. The lowest BCUT2D eigenvalue weighted by molar-refractivity contribution is 0.401. The first-order valence-electron chi connectivity index (χ1n) is 3.87. The van der Waals surface area contributed by atoms with Crippen LogP contribution in [0.3, 0.4) is 0 Å². The van der Waals surface area contributed by atoms with Gasteiger partial charge in [0.15, 0.2) is 0 Å². The molecule has 3 nitrogen and oxygen atoms in total. The molecular weight excluding hydrogens is 232 g/mol. The Bertz CT molecular complexity index is 450. The fraction of sp³-hybridized carbons (Fsp3) is 0.222. The molecule has 0 aliphatic rings. The smallest absolute Gasteiger partial charge is 0.238 e. The predicted octanol–water partition coefficient (Wildman–Crippen LogP) is 2.34. The van der Waals surface area contributed by atoms with Crippen LogP contribution in [-0.4, -0.2) is 16.7 Å². The standard InChI is InChI=1S/C9H9BrN2O/c1-12-4-3-6-7(10)5-11-9(13-2)8(6)12/h3-5H,1-2H3. The topological polar surface area (TPSA) is 27.1 Å². The van der Waals surface area contributed by atoms with E-state index in [1.54, 1.807) is 13.3 Å². The summed E-state index contributed by atoms with van der Waals surface area (Å²) >= 11 is 3.44. The van der Waals surface area contributed by atoms with Crippen LogP contribution in [0, 0.1) is 0 Å². The van der Waals surface area contributed by atoms with Gasteiger partial charge in [-0.3, -0.25) is 0 Å². The second-order valence-electron chi connectivity index (χ2n) is 2.80. The van der Waals surface area contributed by atoms with E-state index < -0.39 is 0 Å². The molecule has 13 heavy (non-hydrogen) atoms. The first kappa shape index (κ1) is 8.56. The highest BCUT2D eigenvalue weighted by molar-refractivity contribution is 9.10. The van der Waals surface area contributed by atoms with Crippen molar-refractivity contribution in [1.29, 1.82) is 0 Å². The Labute approximate surface area is 84.5 Å². The average molecular weight is 241 g/mol. The summed E-state index contributed by atoms with van der Waals surface area (Å²) in [6.07, 6.45) is 3.74. The van der Waals surface area contributed by atoms with E-state index in [4.69, 9.17) is 4.74 Å². The van der Waals surface area contributed by atoms with Crippen molar-refractivity contribution in [2.24, 2.45) is 7.05 Å². The van der Waals surface area contributed by atoms with Crippen molar-refractivity contribution >= 4 is 26.8 Å². The third kappa shape index (κ3) is 1.21. The molecule has 2 rings (SSSR count). The molecule has 0 saturated heterocycles. The summed E-state index contributed by atoms with van der Waals surface area (Å²) in [5.74, 6) is 0.658. The van der Waals surface area contributed by atoms with E-state index in [1.165, 1.54) is 0 Å². The van der Waals surface area contributed by atoms with Crippen LogP contribution >= 0.6 is 15.9 Å². The number of nitrogens with zero attached hydrogens (tertiary/aromatic N) is 2. The Kier molecular flexibility index (Phi) is 2.00. The number of hydrogen-bond donors (Lipinski definition) is 0. The first-order chi connectivity index (χ1) is 6.24. The highest BCUT2D eigenvalue weighted by Crippen LogP contribution is 2.29. The zero-order valence-electron chi connectivity index (χ0n) is 7.41. The van der Waals surface area contributed by atoms with Gasteiger partial charge in [0.05, 0.1) is 7.11 Å². The Balaban J connectivity index is 2.88. The van der Waals surface area contributed by atoms with Gasteiger partial charge < -0.3 is 9.30 Å². The summed E-state index contributed by atoms with van der Waals surface area (Å²) in [6, 6.07) is 2.03. The van der Waals surface area contributed by atoms with E-state index in [1.807, 2.05) is 23.9 Å². The summed E-state index contributed by atoms with van der Waals surface area (Å²) in [5, 5.41) is 1.12. The number of aryl methyl sites for hydroxylation is 1. The zero-order chi connectivity index (χ0) is 9.42. The van der Waals surface area contributed by atoms with Crippen LogP contribution in [0.2, 0.25) is 0 Å². The lowest BCUT2D eigenvalue weighted by atomic mass is 10.3. The van der Waals surface area contributed by atoms with Crippen LogP contribution in [0.5, 0.6) is 5.88 Å². The minimum absolute atomic E-state index is 0.658. The Hall–Kier alpha value is -1.03. The molecule has 0 fully saturated rings. The van der Waals surface area contributed by atoms with Gasteiger partial charge in [0.2, 0.25) is 5.88 Å². The Morgan fingerprint density at radius 1 is 1.54 bits per heavy atom. The molecule has 2 heterocycles. The third-order valence-electron chi connectivity index (χ3n) is 2.02. The van der Waals surface area contributed by atoms with Crippen LogP contribution in [-0.2, 0) is 7.05 Å². The van der Waals surface area contributed by atoms with Crippen molar-refractivity contribution in [2.45, 2.75) is 0 Å². The van der Waals surface area contributed by atoms with Crippen molar-refractivity contribution in [3.05, 3.63) is 22.9 Å². The highest BCUT2D eigenvalue weighted by Gasteiger charge is 2.08. The Morgan fingerprint density at radius 3 is 3.00 bits per heavy atom. The molecule has 0 saturated carbocycles. The maximum atomic E-state index is 5.17. The van der Waals surface area contributed by atoms with Gasteiger partial charge in [0.25, 0.3) is 0 Å². The number of rotatable bonds is 1. The molecule has 2 aromatic rings. The summed E-state index contributed by atoms with van der Waals surface area (Å²) in [5.41, 5.74) is 1.01. The molecule has 0 aliphatic heterocycles. The molecule has 0 spiro atoms. The van der Waals surface area contributed by atoms with Crippen LogP contribution < -0.4 is 4.74 Å². The summed E-state index contributed by atoms with van der Waals surface area (Å²) < 4.78 is 8.15. The predicted molar refractivity (Wildman–Crippen MR) is 55.0 cm³/mol. The zero-order valence-corrected chi connectivity index (χ0v) is 9.00. The first-order valence-corrected chi connectivity index (χ1v) is 4.67. The van der Waals surface area contributed by atoms with E-state index in [-0.39, 0.29) is 0 Å². The molecule has 0 bridgehead atoms. The van der Waals surface area contributed by atoms with Gasteiger partial charge >= 0.3 is 0 Å². The quantitative estimate of drug-likeness (QED) is 0.766. The average Bonchev–Trinajstić information content (AvgIpc) is 2.51. The molecule has 0 radical (unpaired) electrons. The Morgan fingerprint density at radius 2 is 2.31 bits per heavy atom. The number of methoxy groups -OCH3 is 1. The van der Waals surface area contributed by atoms with Gasteiger partial charge in [-0.1, -0.05) is 0 Å². The highest BCUT2D eigenvalue weighted by atomic mass is 79.9. The number of hydrogen-bond acceptors (Lipinski definition) is 2. The number of halogens is 1. The van der Waals surface area contributed by atoms with E-state index in [9.17, 15) is 0 Å². The van der Waals surface area contributed by atoms with Crippen LogP contribution in [0.1, 0.15) is 0 Å². The van der Waals surface area contributed by atoms with Crippen molar-refractivity contribution < 1.29 is 4.74 Å². The molecule has 0 aliphatic carbocycles. The molecule has 0 unspecified atom stereocenters. The molecule has 2 aromatic heterocycles. The van der Waals surface area contributed by atoms with Gasteiger partial charge in [-0.15, -0.1) is 0 Å². The van der Waals surface area contributed by atoms with E-state index in [0.29, 0.717) is 5.88 Å². The second kappa shape index (κ2) is 3.03. The molecule has 4 heteroatoms. The lowest BCUT2D eigenvalue weighted by Crippen LogP contribution is -1.93. The van der Waals surface area contributed by atoms with Crippen molar-refractivity contribution in [2.75, 3.05) is 7.11 Å². The molecule has 68 valence electrons. The fourth-order valence-corrected chi connectivity index (χ4v) is 1.81.